The van der Waals surface area contributed by atoms with Crippen molar-refractivity contribution in [3.8, 4) is 0 Å². The first-order valence-corrected chi connectivity index (χ1v) is 11.2. The van der Waals surface area contributed by atoms with Gasteiger partial charge in [-0.3, -0.25) is 14.5 Å². The van der Waals surface area contributed by atoms with Crippen LogP contribution in [0, 0.1) is 0 Å². The molecule has 2 N–H and O–H groups in total. The molecule has 7 nitrogen and oxygen atoms in total. The second kappa shape index (κ2) is 7.98. The van der Waals surface area contributed by atoms with Crippen molar-refractivity contribution in [2.45, 2.75) is 37.8 Å². The lowest BCUT2D eigenvalue weighted by atomic mass is 10.0. The van der Waals surface area contributed by atoms with Gasteiger partial charge in [-0.05, 0) is 38.3 Å². The van der Waals surface area contributed by atoms with E-state index < -0.39 is 15.4 Å². The summed E-state index contributed by atoms with van der Waals surface area (Å²) < 4.78 is 23.3. The molecule has 2 fully saturated rings. The Kier molecular flexibility index (Phi) is 5.86. The summed E-state index contributed by atoms with van der Waals surface area (Å²) in [6.07, 6.45) is 2.05. The van der Waals surface area contributed by atoms with Crippen molar-refractivity contribution in [3.63, 3.8) is 0 Å². The van der Waals surface area contributed by atoms with Crippen LogP contribution in [0.1, 0.15) is 36.5 Å². The van der Waals surface area contributed by atoms with E-state index in [2.05, 4.69) is 10.6 Å². The Morgan fingerprint density at radius 2 is 1.85 bits per heavy atom. The zero-order valence-corrected chi connectivity index (χ0v) is 16.4. The minimum atomic E-state index is -3.04. The Bertz CT molecular complexity index is 788. The van der Waals surface area contributed by atoms with Gasteiger partial charge in [0.15, 0.2) is 9.84 Å². The standard InChI is InChI=1S/C19H27N3O4S/c1-19(9-12-27(25,26)14-19)21-17(23)13-22-10-7-16(8-11-22)20-18(24)15-5-3-2-4-6-15/h2-6,16H,7-14H2,1H3,(H,20,24)(H,21,23). The summed E-state index contributed by atoms with van der Waals surface area (Å²) in [5.74, 6) is -0.0566. The van der Waals surface area contributed by atoms with Crippen LogP contribution in [0.3, 0.4) is 0 Å². The van der Waals surface area contributed by atoms with Crippen molar-refractivity contribution >= 4 is 21.7 Å². The molecule has 3 rings (SSSR count). The number of likely N-dealkylation sites (tertiary alicyclic amines) is 1. The van der Waals surface area contributed by atoms with E-state index in [-0.39, 0.29) is 35.9 Å². The fraction of sp³-hybridized carbons (Fsp3) is 0.579. The highest BCUT2D eigenvalue weighted by Gasteiger charge is 2.39. The smallest absolute Gasteiger partial charge is 0.251 e. The molecule has 1 aromatic rings. The van der Waals surface area contributed by atoms with Crippen LogP contribution in [0.25, 0.3) is 0 Å². The van der Waals surface area contributed by atoms with Crippen LogP contribution in [0.15, 0.2) is 30.3 Å². The van der Waals surface area contributed by atoms with Crippen molar-refractivity contribution in [1.29, 1.82) is 0 Å². The van der Waals surface area contributed by atoms with Crippen LogP contribution >= 0.6 is 0 Å². The highest BCUT2D eigenvalue weighted by atomic mass is 32.2. The molecule has 0 aliphatic carbocycles. The molecule has 2 heterocycles. The maximum absolute atomic E-state index is 12.3. The predicted octanol–water partition coefficient (Wildman–Crippen LogP) is 0.574. The van der Waals surface area contributed by atoms with E-state index in [9.17, 15) is 18.0 Å². The summed E-state index contributed by atoms with van der Waals surface area (Å²) in [5.41, 5.74) is -0.00295. The Morgan fingerprint density at radius 3 is 2.44 bits per heavy atom. The van der Waals surface area contributed by atoms with Gasteiger partial charge >= 0.3 is 0 Å². The van der Waals surface area contributed by atoms with E-state index in [0.717, 1.165) is 25.9 Å². The fourth-order valence-electron chi connectivity index (χ4n) is 3.78. The number of amides is 2. The van der Waals surface area contributed by atoms with Gasteiger partial charge in [-0.1, -0.05) is 18.2 Å². The lowest BCUT2D eigenvalue weighted by molar-refractivity contribution is -0.124. The number of rotatable bonds is 5. The average Bonchev–Trinajstić information content (AvgIpc) is 2.90. The number of carbonyl (C=O) groups is 2. The molecule has 1 atom stereocenters. The van der Waals surface area contributed by atoms with E-state index >= 15 is 0 Å². The number of hydrogen-bond donors (Lipinski definition) is 2. The molecule has 2 aliphatic rings. The van der Waals surface area contributed by atoms with Crippen LogP contribution < -0.4 is 10.6 Å². The minimum Gasteiger partial charge on any atom is -0.349 e. The zero-order valence-electron chi connectivity index (χ0n) is 15.6. The molecule has 2 amide bonds. The van der Waals surface area contributed by atoms with Gasteiger partial charge in [0.1, 0.15) is 0 Å². The van der Waals surface area contributed by atoms with Gasteiger partial charge < -0.3 is 10.6 Å². The second-order valence-electron chi connectivity index (χ2n) is 7.84. The maximum Gasteiger partial charge on any atom is 0.251 e. The third kappa shape index (κ3) is 5.52. The normalized spacial score (nSPS) is 25.8. The first kappa shape index (κ1) is 19.8. The lowest BCUT2D eigenvalue weighted by Crippen LogP contribution is -2.52. The molecule has 2 saturated heterocycles. The highest BCUT2D eigenvalue weighted by Crippen LogP contribution is 2.22. The van der Waals surface area contributed by atoms with E-state index in [1.165, 1.54) is 0 Å². The molecule has 1 aromatic carbocycles. The zero-order chi connectivity index (χ0) is 19.5. The number of nitrogens with one attached hydrogen (secondary N) is 2. The number of benzene rings is 1. The van der Waals surface area contributed by atoms with E-state index in [1.54, 1.807) is 19.1 Å². The first-order chi connectivity index (χ1) is 12.7. The highest BCUT2D eigenvalue weighted by molar-refractivity contribution is 7.91. The molecule has 0 aromatic heterocycles. The molecule has 8 heteroatoms. The van der Waals surface area contributed by atoms with Gasteiger partial charge in [0.05, 0.1) is 23.6 Å². The summed E-state index contributed by atoms with van der Waals surface area (Å²) in [4.78, 5) is 26.6. The van der Waals surface area contributed by atoms with Crippen LogP contribution in [0.4, 0.5) is 0 Å². The summed E-state index contributed by atoms with van der Waals surface area (Å²) in [5, 5.41) is 5.94. The molecule has 0 radical (unpaired) electrons. The second-order valence-corrected chi connectivity index (χ2v) is 10.0. The van der Waals surface area contributed by atoms with E-state index in [4.69, 9.17) is 0 Å². The third-order valence-corrected chi connectivity index (χ3v) is 7.17. The summed E-state index contributed by atoms with van der Waals surface area (Å²) in [6.45, 7) is 3.50. The number of hydrogen-bond acceptors (Lipinski definition) is 5. The van der Waals surface area contributed by atoms with Crippen molar-refractivity contribution in [2.24, 2.45) is 0 Å². The molecule has 27 heavy (non-hydrogen) atoms. The lowest BCUT2D eigenvalue weighted by Gasteiger charge is -2.33. The maximum atomic E-state index is 12.3. The van der Waals surface area contributed by atoms with E-state index in [0.29, 0.717) is 12.0 Å². The molecule has 0 bridgehead atoms. The summed E-state index contributed by atoms with van der Waals surface area (Å²) in [6, 6.07) is 9.24. The average molecular weight is 394 g/mol. The van der Waals surface area contributed by atoms with Gasteiger partial charge in [0.25, 0.3) is 5.91 Å². The molecule has 148 valence electrons. The molecular formula is C19H27N3O4S. The predicted molar refractivity (Wildman–Crippen MR) is 103 cm³/mol. The number of nitrogens with zero attached hydrogens (tertiary/aromatic N) is 1. The van der Waals surface area contributed by atoms with Crippen molar-refractivity contribution < 1.29 is 18.0 Å². The van der Waals surface area contributed by atoms with Gasteiger partial charge in [-0.2, -0.15) is 0 Å². The van der Waals surface area contributed by atoms with Crippen molar-refractivity contribution in [2.75, 3.05) is 31.1 Å². The first-order valence-electron chi connectivity index (χ1n) is 9.34. The Labute approximate surface area is 160 Å². The monoisotopic (exact) mass is 393 g/mol. The van der Waals surface area contributed by atoms with Crippen LogP contribution in [-0.2, 0) is 14.6 Å². The van der Waals surface area contributed by atoms with Gasteiger partial charge in [-0.25, -0.2) is 8.42 Å². The van der Waals surface area contributed by atoms with Crippen LogP contribution in [0.2, 0.25) is 0 Å². The summed E-state index contributed by atoms with van der Waals surface area (Å²) in [7, 11) is -3.04. The van der Waals surface area contributed by atoms with Crippen molar-refractivity contribution in [3.05, 3.63) is 35.9 Å². The van der Waals surface area contributed by atoms with Crippen molar-refractivity contribution in [1.82, 2.24) is 15.5 Å². The quantitative estimate of drug-likeness (QED) is 0.763. The molecule has 0 saturated carbocycles. The minimum absolute atomic E-state index is 0.0132. The fourth-order valence-corrected chi connectivity index (χ4v) is 5.88. The molecule has 1 unspecified atom stereocenters. The SMILES string of the molecule is CC1(NC(=O)CN2CCC(NC(=O)c3ccccc3)CC2)CCS(=O)(=O)C1. The van der Waals surface area contributed by atoms with Crippen LogP contribution in [0.5, 0.6) is 0 Å². The molecule has 0 spiro atoms. The Balaban J connectivity index is 1.42. The third-order valence-electron chi connectivity index (χ3n) is 5.27. The molecular weight excluding hydrogens is 366 g/mol. The van der Waals surface area contributed by atoms with E-state index in [1.807, 2.05) is 23.1 Å². The largest absolute Gasteiger partial charge is 0.349 e. The number of carbonyl (C=O) groups excluding carboxylic acids is 2. The number of piperidine rings is 1. The Hall–Kier alpha value is -1.93. The summed E-state index contributed by atoms with van der Waals surface area (Å²) >= 11 is 0. The van der Waals surface area contributed by atoms with Gasteiger partial charge in [0.2, 0.25) is 5.91 Å². The Morgan fingerprint density at radius 1 is 1.19 bits per heavy atom. The van der Waals surface area contributed by atoms with Gasteiger partial charge in [0, 0.05) is 24.7 Å². The van der Waals surface area contributed by atoms with Gasteiger partial charge in [-0.15, -0.1) is 0 Å². The topological polar surface area (TPSA) is 95.6 Å². The van der Waals surface area contributed by atoms with Crippen LogP contribution in [-0.4, -0.2) is 67.9 Å². The number of sulfone groups is 1. The molecule has 2 aliphatic heterocycles.